The van der Waals surface area contributed by atoms with Crippen LogP contribution in [-0.2, 0) is 16.1 Å². The number of carbonyl (C=O) groups is 1. The van der Waals surface area contributed by atoms with Crippen molar-refractivity contribution >= 4 is 17.6 Å². The third-order valence-corrected chi connectivity index (χ3v) is 2.30. The van der Waals surface area contributed by atoms with Crippen molar-refractivity contribution in [3.8, 4) is 0 Å². The lowest BCUT2D eigenvalue weighted by atomic mass is 10.2. The van der Waals surface area contributed by atoms with E-state index in [1.807, 2.05) is 0 Å². The molecule has 0 N–H and O–H groups in total. The van der Waals surface area contributed by atoms with Crippen LogP contribution >= 0.6 is 0 Å². The van der Waals surface area contributed by atoms with Crippen molar-refractivity contribution in [2.75, 3.05) is 7.05 Å². The average Bonchev–Trinajstić information content (AvgIpc) is 2.12. The highest BCUT2D eigenvalue weighted by atomic mass is 32.2. The molecule has 0 aromatic rings. The van der Waals surface area contributed by atoms with E-state index in [1.165, 1.54) is 13.1 Å². The van der Waals surface area contributed by atoms with Gasteiger partial charge in [0.15, 0.2) is 0 Å². The second-order valence-corrected chi connectivity index (χ2v) is 3.39. The Morgan fingerprint density at radius 3 is 2.38 bits per heavy atom. The maximum Gasteiger partial charge on any atom is 0.149 e. The highest BCUT2D eigenvalue weighted by Gasteiger charge is 1.98. The Labute approximate surface area is 80.3 Å². The fraction of sp³-hybridized carbons (Fsp3) is 0.375. The minimum Gasteiger partial charge on any atom is -0.755 e. The molecule has 0 aliphatic carbocycles. The molecule has 1 atom stereocenters. The summed E-state index contributed by atoms with van der Waals surface area (Å²) < 4.78 is 22.0. The lowest BCUT2D eigenvalue weighted by Gasteiger charge is -2.21. The average molecular weight is 202 g/mol. The molecule has 0 aliphatic rings. The number of nitrogens with zero attached hydrogens (tertiary/aromatic N) is 1. The topological polar surface area (TPSA) is 60.4 Å². The fourth-order valence-electron chi connectivity index (χ4n) is 0.635. The van der Waals surface area contributed by atoms with E-state index in [2.05, 4.69) is 0 Å². The largest absolute Gasteiger partial charge is 0.755 e. The first-order valence-electron chi connectivity index (χ1n) is 3.65. The molecule has 0 heterocycles. The molecule has 0 aromatic carbocycles. The quantitative estimate of drug-likeness (QED) is 0.293. The van der Waals surface area contributed by atoms with Gasteiger partial charge in [0.2, 0.25) is 0 Å². The van der Waals surface area contributed by atoms with E-state index < -0.39 is 11.3 Å². The zero-order valence-electron chi connectivity index (χ0n) is 7.81. The van der Waals surface area contributed by atoms with Crippen LogP contribution in [-0.4, -0.2) is 26.4 Å². The molecular formula is C8H12NO3S-. The highest BCUT2D eigenvalue weighted by molar-refractivity contribution is 7.76. The van der Waals surface area contributed by atoms with Crippen LogP contribution in [0.1, 0.15) is 13.8 Å². The monoisotopic (exact) mass is 202 g/mol. The zero-order valence-corrected chi connectivity index (χ0v) is 8.63. The third kappa shape index (κ3) is 4.00. The Balaban J connectivity index is 4.66. The van der Waals surface area contributed by atoms with Gasteiger partial charge in [-0.2, -0.15) is 0 Å². The normalized spacial score (nSPS) is 15.4. The minimum absolute atomic E-state index is 0.454. The van der Waals surface area contributed by atoms with Crippen LogP contribution in [0.5, 0.6) is 0 Å². The van der Waals surface area contributed by atoms with Gasteiger partial charge in [0.05, 0.1) is 0 Å². The van der Waals surface area contributed by atoms with Crippen molar-refractivity contribution in [1.82, 2.24) is 4.31 Å². The fourth-order valence-corrected chi connectivity index (χ4v) is 0.923. The summed E-state index contributed by atoms with van der Waals surface area (Å²) in [5.41, 5.74) is 0.948. The van der Waals surface area contributed by atoms with E-state index in [-0.39, 0.29) is 0 Å². The van der Waals surface area contributed by atoms with Crippen LogP contribution < -0.4 is 0 Å². The summed E-state index contributed by atoms with van der Waals surface area (Å²) in [6.07, 6.45) is 3.78. The highest BCUT2D eigenvalue weighted by Crippen LogP contribution is 2.05. The Morgan fingerprint density at radius 1 is 1.54 bits per heavy atom. The molecule has 0 aromatic heterocycles. The van der Waals surface area contributed by atoms with Crippen molar-refractivity contribution in [3.05, 3.63) is 23.4 Å². The molecule has 0 fully saturated rings. The van der Waals surface area contributed by atoms with Gasteiger partial charge in [-0.15, -0.1) is 0 Å². The Kier molecular flexibility index (Phi) is 5.25. The molecule has 4 nitrogen and oxygen atoms in total. The van der Waals surface area contributed by atoms with E-state index in [9.17, 15) is 13.6 Å². The summed E-state index contributed by atoms with van der Waals surface area (Å²) in [4.78, 5) is 10.4. The van der Waals surface area contributed by atoms with Gasteiger partial charge in [-0.3, -0.25) is 9.00 Å². The van der Waals surface area contributed by atoms with Gasteiger partial charge in [0.25, 0.3) is 0 Å². The number of hydrogen-bond acceptors (Lipinski definition) is 3. The summed E-state index contributed by atoms with van der Waals surface area (Å²) in [5, 5.41) is 0. The lowest BCUT2D eigenvalue weighted by molar-refractivity contribution is -0.104. The molecule has 74 valence electrons. The Bertz CT molecular complexity index is 271. The molecule has 0 rings (SSSR count). The van der Waals surface area contributed by atoms with Crippen LogP contribution in [0.2, 0.25) is 0 Å². The predicted molar refractivity (Wildman–Crippen MR) is 50.3 cm³/mol. The maximum absolute atomic E-state index is 10.5. The van der Waals surface area contributed by atoms with Crippen molar-refractivity contribution in [3.63, 3.8) is 0 Å². The van der Waals surface area contributed by atoms with E-state index in [4.69, 9.17) is 0 Å². The smallest absolute Gasteiger partial charge is 0.149 e. The number of rotatable bonds is 4. The summed E-state index contributed by atoms with van der Waals surface area (Å²) in [6, 6.07) is 0. The maximum atomic E-state index is 10.5. The molecule has 0 spiro atoms. The number of aldehydes is 1. The molecular weight excluding hydrogens is 190 g/mol. The zero-order chi connectivity index (χ0) is 10.4. The number of allylic oxidation sites excluding steroid dienone is 4. The summed E-state index contributed by atoms with van der Waals surface area (Å²) >= 11 is -2.29. The van der Waals surface area contributed by atoms with Gasteiger partial charge in [0, 0.05) is 29.6 Å². The summed E-state index contributed by atoms with van der Waals surface area (Å²) in [6.45, 7) is 3.32. The lowest BCUT2D eigenvalue weighted by Crippen LogP contribution is -2.18. The predicted octanol–water partition coefficient (Wildman–Crippen LogP) is 0.761. The second-order valence-electron chi connectivity index (χ2n) is 2.41. The van der Waals surface area contributed by atoms with Crippen LogP contribution in [0.25, 0.3) is 0 Å². The van der Waals surface area contributed by atoms with Gasteiger partial charge in [-0.1, -0.05) is 6.08 Å². The molecule has 0 bridgehead atoms. The summed E-state index contributed by atoms with van der Waals surface area (Å²) in [5.74, 6) is 0. The SMILES string of the molecule is C/C=C(C=O)\C=C(/C)N(C)S(=O)[O-]. The summed E-state index contributed by atoms with van der Waals surface area (Å²) in [7, 11) is 1.41. The van der Waals surface area contributed by atoms with Crippen LogP contribution in [0.3, 0.4) is 0 Å². The van der Waals surface area contributed by atoms with Crippen molar-refractivity contribution < 1.29 is 13.6 Å². The van der Waals surface area contributed by atoms with Gasteiger partial charge < -0.3 is 8.86 Å². The van der Waals surface area contributed by atoms with Gasteiger partial charge in [-0.05, 0) is 19.9 Å². The molecule has 0 saturated heterocycles. The van der Waals surface area contributed by atoms with Crippen LogP contribution in [0, 0.1) is 0 Å². The molecule has 13 heavy (non-hydrogen) atoms. The van der Waals surface area contributed by atoms with Gasteiger partial charge in [0.1, 0.15) is 6.29 Å². The molecule has 1 unspecified atom stereocenters. The van der Waals surface area contributed by atoms with Crippen LogP contribution in [0.15, 0.2) is 23.4 Å². The molecule has 0 amide bonds. The van der Waals surface area contributed by atoms with Gasteiger partial charge in [-0.25, -0.2) is 0 Å². The third-order valence-electron chi connectivity index (χ3n) is 1.57. The van der Waals surface area contributed by atoms with Crippen molar-refractivity contribution in [2.24, 2.45) is 0 Å². The minimum atomic E-state index is -2.29. The Morgan fingerprint density at radius 2 is 2.08 bits per heavy atom. The van der Waals surface area contributed by atoms with E-state index in [0.717, 1.165) is 4.31 Å². The van der Waals surface area contributed by atoms with E-state index in [0.29, 0.717) is 17.6 Å². The van der Waals surface area contributed by atoms with E-state index >= 15 is 0 Å². The standard InChI is InChI=1S/C8H13NO3S/c1-4-8(6-10)5-7(2)9(3)13(11)12/h4-6H,1-3H3,(H,11,12)/p-1/b7-5+,8-4+. The van der Waals surface area contributed by atoms with E-state index in [1.54, 1.807) is 19.9 Å². The second kappa shape index (κ2) is 5.66. The molecule has 0 radical (unpaired) electrons. The van der Waals surface area contributed by atoms with Crippen LogP contribution in [0.4, 0.5) is 0 Å². The van der Waals surface area contributed by atoms with Crippen molar-refractivity contribution in [1.29, 1.82) is 0 Å². The van der Waals surface area contributed by atoms with Crippen molar-refractivity contribution in [2.45, 2.75) is 13.8 Å². The number of hydrogen-bond donors (Lipinski definition) is 0. The molecule has 0 saturated carbocycles. The molecule has 5 heteroatoms. The first-order chi connectivity index (χ1) is 6.02. The first-order valence-corrected chi connectivity index (χ1v) is 4.69. The Hall–Kier alpha value is -0.940. The number of carbonyl (C=O) groups excluding carboxylic acids is 1. The molecule has 0 aliphatic heterocycles. The first kappa shape index (κ1) is 12.1. The van der Waals surface area contributed by atoms with Gasteiger partial charge >= 0.3 is 0 Å².